The van der Waals surface area contributed by atoms with E-state index in [-0.39, 0.29) is 31.1 Å². The molecule has 9 N–H and O–H groups in total. The quantitative estimate of drug-likeness (QED) is 0.0784. The number of nitrogens with two attached hydrogens (primary N) is 1. The van der Waals surface area contributed by atoms with Crippen molar-refractivity contribution in [3.8, 4) is 0 Å². The Balaban J connectivity index is 1.17. The maximum absolute atomic E-state index is 14.5. The number of thiazole rings is 1. The number of rotatable bonds is 15. The number of hydrogen-bond donors (Lipinski definition) is 8. The third-order valence-corrected chi connectivity index (χ3v) is 12.6. The van der Waals surface area contributed by atoms with Gasteiger partial charge in [-0.05, 0) is 81.0 Å². The van der Waals surface area contributed by atoms with Gasteiger partial charge in [0, 0.05) is 57.2 Å². The number of carbonyl (C=O) groups is 5. The van der Waals surface area contributed by atoms with E-state index in [9.17, 15) is 24.0 Å². The third-order valence-electron chi connectivity index (χ3n) is 10.8. The van der Waals surface area contributed by atoms with Gasteiger partial charge in [0.25, 0.3) is 0 Å². The lowest BCUT2D eigenvalue weighted by Crippen LogP contribution is -2.65. The molecule has 3 aromatic heterocycles. The molecule has 5 heterocycles. The summed E-state index contributed by atoms with van der Waals surface area (Å²) in [7, 11) is 0. The Labute approximate surface area is 332 Å². The van der Waals surface area contributed by atoms with E-state index >= 15 is 0 Å². The lowest BCUT2D eigenvalue weighted by atomic mass is 9.87. The first kappa shape index (κ1) is 39.1. The van der Waals surface area contributed by atoms with Gasteiger partial charge in [-0.1, -0.05) is 36.4 Å². The highest BCUT2D eigenvalue weighted by Gasteiger charge is 2.41. The van der Waals surface area contributed by atoms with Crippen LogP contribution in [0.5, 0.6) is 0 Å². The van der Waals surface area contributed by atoms with Crippen LogP contribution < -0.4 is 37.6 Å². The number of primary amides is 1. The minimum atomic E-state index is -1.28. The molecule has 2 aliphatic heterocycles. The third kappa shape index (κ3) is 9.26. The van der Waals surface area contributed by atoms with Gasteiger partial charge in [0.2, 0.25) is 29.5 Å². The zero-order valence-electron chi connectivity index (χ0n) is 30.9. The fourth-order valence-corrected chi connectivity index (χ4v) is 9.24. The van der Waals surface area contributed by atoms with Crippen molar-refractivity contribution >= 4 is 73.2 Å². The minimum absolute atomic E-state index is 0.0444. The first-order chi connectivity index (χ1) is 27.2. The molecule has 5 amide bonds. The Morgan fingerprint density at radius 2 is 1.50 bits per heavy atom. The van der Waals surface area contributed by atoms with Gasteiger partial charge in [-0.25, -0.2) is 4.98 Å². The summed E-state index contributed by atoms with van der Waals surface area (Å²) in [5, 5.41) is 21.9. The molecule has 0 radical (unpaired) electrons. The van der Waals surface area contributed by atoms with E-state index in [1.54, 1.807) is 28.4 Å². The van der Waals surface area contributed by atoms with Crippen LogP contribution >= 0.6 is 22.7 Å². The molecule has 3 atom stereocenters. The predicted octanol–water partition coefficient (Wildman–Crippen LogP) is 2.04. The van der Waals surface area contributed by atoms with E-state index in [1.165, 1.54) is 11.3 Å². The van der Waals surface area contributed by atoms with Gasteiger partial charge in [0.05, 0.1) is 11.2 Å². The Morgan fingerprint density at radius 1 is 0.821 bits per heavy atom. The van der Waals surface area contributed by atoms with Crippen molar-refractivity contribution in [2.75, 3.05) is 26.2 Å². The summed E-state index contributed by atoms with van der Waals surface area (Å²) in [6.45, 7) is 2.40. The molecule has 2 aromatic carbocycles. The Kier molecular flexibility index (Phi) is 12.4. The van der Waals surface area contributed by atoms with Crippen LogP contribution in [0.15, 0.2) is 71.7 Å². The number of thiophene rings is 1. The summed E-state index contributed by atoms with van der Waals surface area (Å²) >= 11 is 2.91. The molecule has 2 aliphatic rings. The lowest BCUT2D eigenvalue weighted by molar-refractivity contribution is -0.136. The van der Waals surface area contributed by atoms with E-state index < -0.39 is 47.3 Å². The molecule has 5 aromatic rings. The van der Waals surface area contributed by atoms with Crippen LogP contribution in [-0.4, -0.2) is 89.3 Å². The van der Waals surface area contributed by atoms with Crippen molar-refractivity contribution in [2.45, 2.75) is 68.6 Å². The Morgan fingerprint density at radius 3 is 2.21 bits per heavy atom. The van der Waals surface area contributed by atoms with Crippen molar-refractivity contribution in [3.63, 3.8) is 0 Å². The molecule has 7 rings (SSSR count). The normalized spacial score (nSPS) is 17.4. The van der Waals surface area contributed by atoms with Crippen molar-refractivity contribution in [1.82, 2.24) is 41.9 Å². The number of aromatic amines is 1. The zero-order chi connectivity index (χ0) is 39.1. The van der Waals surface area contributed by atoms with Gasteiger partial charge < -0.3 is 42.6 Å². The monoisotopic (exact) mass is 797 g/mol. The van der Waals surface area contributed by atoms with Gasteiger partial charge in [-0.2, -0.15) is 0 Å². The SMILES string of the molecule is NC(=O)C1(NC(=O)[C@H](Cc2cscn2)NC(=O)[C@@H](Cc2c[nH]c3ccccc23)NC(=O)[C@@H](Cc2cc3ccccc3s2)NC(=O)C2CCNCC2)CCNCC1. The van der Waals surface area contributed by atoms with Crippen LogP contribution in [0.1, 0.15) is 41.8 Å². The number of hydrogen-bond acceptors (Lipinski definition) is 10. The van der Waals surface area contributed by atoms with Gasteiger partial charge in [0.15, 0.2) is 0 Å². The van der Waals surface area contributed by atoms with Gasteiger partial charge in [-0.15, -0.1) is 22.7 Å². The molecule has 56 heavy (non-hydrogen) atoms. The summed E-state index contributed by atoms with van der Waals surface area (Å²) in [5.41, 5.74) is 8.42. The standard InChI is InChI=1S/C40H47N9O5S2/c41-39(54)40(11-15-43-16-12-40)49-38(53)32(19-27-22-55-23-45-27)48-36(51)31(18-26-21-44-30-7-3-2-6-29(26)30)47-37(52)33(46-35(50)24-9-13-42-14-10-24)20-28-17-25-5-1-4-8-34(25)56-28/h1-8,17,21-24,31-33,42-44H,9-16,18-20H2,(H2,41,54)(H,46,50)(H,47,52)(H,48,51)(H,49,53)/t31-,32+,33-/m1/s1. The summed E-state index contributed by atoms with van der Waals surface area (Å²) < 4.78 is 1.06. The van der Waals surface area contributed by atoms with Crippen molar-refractivity contribution in [3.05, 3.63) is 87.8 Å². The summed E-state index contributed by atoms with van der Waals surface area (Å²) in [6, 6.07) is 14.3. The van der Waals surface area contributed by atoms with Crippen LogP contribution in [0.25, 0.3) is 21.0 Å². The minimum Gasteiger partial charge on any atom is -0.368 e. The van der Waals surface area contributed by atoms with Crippen LogP contribution in [0, 0.1) is 5.92 Å². The average molecular weight is 798 g/mol. The highest BCUT2D eigenvalue weighted by Crippen LogP contribution is 2.27. The summed E-state index contributed by atoms with van der Waals surface area (Å²) in [6.07, 6.45) is 4.07. The number of carbonyl (C=O) groups excluding carboxylic acids is 5. The molecule has 294 valence electrons. The van der Waals surface area contributed by atoms with Crippen LogP contribution in [-0.2, 0) is 43.2 Å². The number of amides is 5. The molecular formula is C40H47N9O5S2. The van der Waals surface area contributed by atoms with Gasteiger partial charge in [-0.3, -0.25) is 24.0 Å². The van der Waals surface area contributed by atoms with Crippen LogP contribution in [0.3, 0.4) is 0 Å². The van der Waals surface area contributed by atoms with Gasteiger partial charge >= 0.3 is 0 Å². The fraction of sp³-hybridized carbons (Fsp3) is 0.400. The maximum Gasteiger partial charge on any atom is 0.243 e. The number of nitrogens with one attached hydrogen (secondary N) is 7. The molecule has 0 bridgehead atoms. The number of fused-ring (bicyclic) bond motifs is 2. The molecule has 2 fully saturated rings. The largest absolute Gasteiger partial charge is 0.368 e. The number of aromatic nitrogens is 2. The predicted molar refractivity (Wildman–Crippen MR) is 217 cm³/mol. The highest BCUT2D eigenvalue weighted by atomic mass is 32.1. The maximum atomic E-state index is 14.5. The highest BCUT2D eigenvalue weighted by molar-refractivity contribution is 7.19. The molecule has 14 nitrogen and oxygen atoms in total. The topological polar surface area (TPSA) is 212 Å². The molecule has 0 spiro atoms. The average Bonchev–Trinajstić information content (AvgIpc) is 3.98. The van der Waals surface area contributed by atoms with E-state index in [0.717, 1.165) is 31.4 Å². The molecule has 0 unspecified atom stereocenters. The van der Waals surface area contributed by atoms with E-state index in [0.29, 0.717) is 57.6 Å². The van der Waals surface area contributed by atoms with Crippen LogP contribution in [0.4, 0.5) is 0 Å². The van der Waals surface area contributed by atoms with E-state index in [1.807, 2.05) is 54.6 Å². The number of H-pyrrole nitrogens is 1. The summed E-state index contributed by atoms with van der Waals surface area (Å²) in [4.78, 5) is 77.9. The number of piperidine rings is 2. The second kappa shape index (κ2) is 17.7. The molecular weight excluding hydrogens is 751 g/mol. The molecule has 0 aliphatic carbocycles. The lowest BCUT2D eigenvalue weighted by Gasteiger charge is -2.36. The second-order valence-corrected chi connectivity index (χ2v) is 16.5. The van der Waals surface area contributed by atoms with E-state index in [2.05, 4.69) is 41.9 Å². The first-order valence-corrected chi connectivity index (χ1v) is 20.8. The second-order valence-electron chi connectivity index (χ2n) is 14.6. The van der Waals surface area contributed by atoms with Gasteiger partial charge in [0.1, 0.15) is 23.7 Å². The first-order valence-electron chi connectivity index (χ1n) is 19.0. The smallest absolute Gasteiger partial charge is 0.243 e. The van der Waals surface area contributed by atoms with Crippen molar-refractivity contribution < 1.29 is 24.0 Å². The molecule has 2 saturated heterocycles. The summed E-state index contributed by atoms with van der Waals surface area (Å²) in [5.74, 6) is -2.80. The number of benzene rings is 2. The number of nitrogens with zero attached hydrogens (tertiary/aromatic N) is 1. The molecule has 0 saturated carbocycles. The Hall–Kier alpha value is -5.16. The fourth-order valence-electron chi connectivity index (χ4n) is 7.56. The molecule has 16 heteroatoms. The Bertz CT molecular complexity index is 2140. The number of para-hydroxylation sites is 1. The zero-order valence-corrected chi connectivity index (χ0v) is 32.5. The van der Waals surface area contributed by atoms with Crippen molar-refractivity contribution in [1.29, 1.82) is 0 Å². The van der Waals surface area contributed by atoms with E-state index in [4.69, 9.17) is 5.73 Å². The van der Waals surface area contributed by atoms with Crippen molar-refractivity contribution in [2.24, 2.45) is 11.7 Å². The van der Waals surface area contributed by atoms with Crippen LogP contribution in [0.2, 0.25) is 0 Å².